The number of aromatic nitrogens is 1. The fraction of sp³-hybridized carbons (Fsp3) is 0.133. The van der Waals surface area contributed by atoms with Crippen LogP contribution in [0.5, 0.6) is 0 Å². The Labute approximate surface area is 125 Å². The molecule has 1 N–H and O–H groups in total. The third-order valence-corrected chi connectivity index (χ3v) is 3.98. The van der Waals surface area contributed by atoms with Gasteiger partial charge in [-0.05, 0) is 41.8 Å². The lowest BCUT2D eigenvalue weighted by atomic mass is 10.0. The maximum absolute atomic E-state index is 11.2. The number of hydrogen-bond acceptors (Lipinski definition) is 2. The van der Waals surface area contributed by atoms with Gasteiger partial charge in [-0.1, -0.05) is 29.8 Å². The summed E-state index contributed by atoms with van der Waals surface area (Å²) in [6.07, 6.45) is 0. The number of rotatable bonds is 2. The van der Waals surface area contributed by atoms with E-state index in [0.29, 0.717) is 16.1 Å². The molecular formula is C15H11Cl2NO2. The van der Waals surface area contributed by atoms with Gasteiger partial charge in [0.15, 0.2) is 5.58 Å². The van der Waals surface area contributed by atoms with Crippen LogP contribution in [0, 0.1) is 6.92 Å². The van der Waals surface area contributed by atoms with Gasteiger partial charge in [-0.25, -0.2) is 4.79 Å². The quantitative estimate of drug-likeness (QED) is 0.713. The number of alkyl halides is 1. The first-order valence-corrected chi connectivity index (χ1v) is 6.89. The van der Waals surface area contributed by atoms with E-state index >= 15 is 0 Å². The fourth-order valence-electron chi connectivity index (χ4n) is 2.14. The number of aryl methyl sites for hydroxylation is 1. The maximum atomic E-state index is 11.2. The Kier molecular flexibility index (Phi) is 3.32. The van der Waals surface area contributed by atoms with Gasteiger partial charge in [0.1, 0.15) is 0 Å². The third kappa shape index (κ3) is 2.35. The molecule has 0 spiro atoms. The standard InChI is InChI=1S/C15H11Cl2NO2/c1-8-2-4-10(11(16)6-8)14(17)9-3-5-12-13(7-9)20-15(19)18-12/h2-7,14H,1H3,(H,18,19). The van der Waals surface area contributed by atoms with Gasteiger partial charge >= 0.3 is 5.76 Å². The first-order valence-electron chi connectivity index (χ1n) is 6.07. The van der Waals surface area contributed by atoms with Crippen LogP contribution >= 0.6 is 23.2 Å². The smallest absolute Gasteiger partial charge is 0.408 e. The van der Waals surface area contributed by atoms with Gasteiger partial charge in [-0.2, -0.15) is 0 Å². The second kappa shape index (κ2) is 5.00. The summed E-state index contributed by atoms with van der Waals surface area (Å²) in [5.74, 6) is -0.475. The van der Waals surface area contributed by atoms with Crippen LogP contribution in [-0.2, 0) is 0 Å². The van der Waals surface area contributed by atoms with E-state index < -0.39 is 11.1 Å². The number of benzene rings is 2. The molecule has 0 bridgehead atoms. The van der Waals surface area contributed by atoms with E-state index in [1.54, 1.807) is 12.1 Å². The monoisotopic (exact) mass is 307 g/mol. The number of aromatic amines is 1. The predicted molar refractivity (Wildman–Crippen MR) is 80.7 cm³/mol. The van der Waals surface area contributed by atoms with Crippen molar-refractivity contribution in [3.63, 3.8) is 0 Å². The fourth-order valence-corrected chi connectivity index (χ4v) is 2.86. The Morgan fingerprint density at radius 2 is 2.00 bits per heavy atom. The Hall–Kier alpha value is -1.71. The van der Waals surface area contributed by atoms with E-state index in [2.05, 4.69) is 4.98 Å². The molecule has 0 aliphatic carbocycles. The van der Waals surface area contributed by atoms with Gasteiger partial charge in [-0.15, -0.1) is 11.6 Å². The molecule has 3 aromatic rings. The minimum Gasteiger partial charge on any atom is -0.408 e. The van der Waals surface area contributed by atoms with Crippen molar-refractivity contribution in [2.24, 2.45) is 0 Å². The van der Waals surface area contributed by atoms with Crippen molar-refractivity contribution in [1.29, 1.82) is 0 Å². The Morgan fingerprint density at radius 1 is 1.20 bits per heavy atom. The molecule has 102 valence electrons. The van der Waals surface area contributed by atoms with Crippen LogP contribution in [0.25, 0.3) is 11.1 Å². The second-order valence-electron chi connectivity index (χ2n) is 4.66. The predicted octanol–water partition coefficient (Wildman–Crippen LogP) is 4.41. The average Bonchev–Trinajstić information content (AvgIpc) is 2.77. The minimum absolute atomic E-state index is 0.396. The highest BCUT2D eigenvalue weighted by atomic mass is 35.5. The number of H-pyrrole nitrogens is 1. The van der Waals surface area contributed by atoms with Crippen molar-refractivity contribution in [3.8, 4) is 0 Å². The summed E-state index contributed by atoms with van der Waals surface area (Å²) in [4.78, 5) is 13.7. The summed E-state index contributed by atoms with van der Waals surface area (Å²) in [7, 11) is 0. The van der Waals surface area contributed by atoms with E-state index in [4.69, 9.17) is 27.6 Å². The summed E-state index contributed by atoms with van der Waals surface area (Å²) in [6, 6.07) is 11.1. The molecule has 1 unspecified atom stereocenters. The van der Waals surface area contributed by atoms with Crippen molar-refractivity contribution in [2.75, 3.05) is 0 Å². The Balaban J connectivity index is 2.06. The minimum atomic E-state index is -0.475. The summed E-state index contributed by atoms with van der Waals surface area (Å²) < 4.78 is 5.04. The molecule has 20 heavy (non-hydrogen) atoms. The van der Waals surface area contributed by atoms with Crippen molar-refractivity contribution in [3.05, 3.63) is 68.7 Å². The summed E-state index contributed by atoms with van der Waals surface area (Å²) in [6.45, 7) is 1.97. The van der Waals surface area contributed by atoms with Crippen LogP contribution < -0.4 is 5.76 Å². The number of hydrogen-bond donors (Lipinski definition) is 1. The van der Waals surface area contributed by atoms with Crippen LogP contribution in [0.3, 0.4) is 0 Å². The molecule has 5 heteroatoms. The highest BCUT2D eigenvalue weighted by Gasteiger charge is 2.15. The number of oxazole rings is 1. The van der Waals surface area contributed by atoms with Gasteiger partial charge in [0.2, 0.25) is 0 Å². The number of nitrogens with one attached hydrogen (secondary N) is 1. The number of fused-ring (bicyclic) bond motifs is 1. The Bertz CT molecular complexity index is 835. The van der Waals surface area contributed by atoms with Crippen LogP contribution in [0.1, 0.15) is 22.1 Å². The lowest BCUT2D eigenvalue weighted by Gasteiger charge is -2.12. The molecule has 0 saturated carbocycles. The van der Waals surface area contributed by atoms with Crippen LogP contribution in [0.15, 0.2) is 45.6 Å². The Morgan fingerprint density at radius 3 is 2.75 bits per heavy atom. The lowest BCUT2D eigenvalue weighted by Crippen LogP contribution is -1.94. The molecule has 0 fully saturated rings. The molecular weight excluding hydrogens is 297 g/mol. The summed E-state index contributed by atoms with van der Waals surface area (Å²) >= 11 is 12.7. The second-order valence-corrected chi connectivity index (χ2v) is 5.50. The van der Waals surface area contributed by atoms with E-state index in [-0.39, 0.29) is 0 Å². The SMILES string of the molecule is Cc1ccc(C(Cl)c2ccc3[nH]c(=O)oc3c2)c(Cl)c1. The highest BCUT2D eigenvalue weighted by Crippen LogP contribution is 2.34. The van der Waals surface area contributed by atoms with Gasteiger partial charge in [0, 0.05) is 5.02 Å². The zero-order chi connectivity index (χ0) is 14.3. The van der Waals surface area contributed by atoms with Crippen molar-refractivity contribution >= 4 is 34.3 Å². The van der Waals surface area contributed by atoms with E-state index in [0.717, 1.165) is 16.7 Å². The van der Waals surface area contributed by atoms with Gasteiger partial charge in [0.05, 0.1) is 10.9 Å². The maximum Gasteiger partial charge on any atom is 0.417 e. The molecule has 1 aromatic heterocycles. The topological polar surface area (TPSA) is 46.0 Å². The van der Waals surface area contributed by atoms with Crippen molar-refractivity contribution in [2.45, 2.75) is 12.3 Å². The highest BCUT2D eigenvalue weighted by molar-refractivity contribution is 6.33. The van der Waals surface area contributed by atoms with Gasteiger partial charge < -0.3 is 4.42 Å². The largest absolute Gasteiger partial charge is 0.417 e. The van der Waals surface area contributed by atoms with E-state index in [1.165, 1.54) is 0 Å². The molecule has 0 radical (unpaired) electrons. The molecule has 3 nitrogen and oxygen atoms in total. The van der Waals surface area contributed by atoms with E-state index in [9.17, 15) is 4.79 Å². The molecule has 0 amide bonds. The molecule has 0 aliphatic rings. The molecule has 1 atom stereocenters. The zero-order valence-electron chi connectivity index (χ0n) is 10.6. The first kappa shape index (κ1) is 13.3. The first-order chi connectivity index (χ1) is 9.54. The average molecular weight is 308 g/mol. The van der Waals surface area contributed by atoms with Gasteiger partial charge in [0.25, 0.3) is 0 Å². The van der Waals surface area contributed by atoms with E-state index in [1.807, 2.05) is 31.2 Å². The van der Waals surface area contributed by atoms with Crippen LogP contribution in [-0.4, -0.2) is 4.98 Å². The van der Waals surface area contributed by atoms with Crippen LogP contribution in [0.2, 0.25) is 5.02 Å². The molecule has 1 heterocycles. The summed E-state index contributed by atoms with van der Waals surface area (Å²) in [5.41, 5.74) is 3.87. The van der Waals surface area contributed by atoms with Crippen molar-refractivity contribution in [1.82, 2.24) is 4.98 Å². The van der Waals surface area contributed by atoms with Crippen LogP contribution in [0.4, 0.5) is 0 Å². The third-order valence-electron chi connectivity index (χ3n) is 3.17. The zero-order valence-corrected chi connectivity index (χ0v) is 12.1. The molecule has 3 rings (SSSR count). The lowest BCUT2D eigenvalue weighted by molar-refractivity contribution is 0.555. The van der Waals surface area contributed by atoms with Gasteiger partial charge in [-0.3, -0.25) is 4.98 Å². The normalized spacial score (nSPS) is 12.8. The van der Waals surface area contributed by atoms with Crippen molar-refractivity contribution < 1.29 is 4.42 Å². The molecule has 0 aliphatic heterocycles. The molecule has 2 aromatic carbocycles. The molecule has 0 saturated heterocycles. The summed E-state index contributed by atoms with van der Waals surface area (Å²) in [5, 5.41) is 0.230. The number of halogens is 2.